The number of benzene rings is 4. The summed E-state index contributed by atoms with van der Waals surface area (Å²) in [5, 5.41) is 7.34. The Morgan fingerprint density at radius 2 is 1.52 bits per heavy atom. The first-order valence-corrected chi connectivity index (χ1v) is 17.0. The molecule has 0 atom stereocenters. The van der Waals surface area contributed by atoms with Gasteiger partial charge in [-0.2, -0.15) is 5.10 Å². The van der Waals surface area contributed by atoms with Gasteiger partial charge >= 0.3 is 0 Å². The Labute approximate surface area is 283 Å². The zero-order chi connectivity index (χ0) is 33.6. The Bertz CT molecular complexity index is 2250. The lowest BCUT2D eigenvalue weighted by Gasteiger charge is -2.18. The van der Waals surface area contributed by atoms with E-state index in [0.29, 0.717) is 5.92 Å². The second kappa shape index (κ2) is 12.5. The van der Waals surface area contributed by atoms with Gasteiger partial charge in [0, 0.05) is 40.4 Å². The van der Waals surface area contributed by atoms with Crippen LogP contribution in [-0.4, -0.2) is 19.3 Å². The molecule has 0 fully saturated rings. The van der Waals surface area contributed by atoms with Gasteiger partial charge in [-0.1, -0.05) is 77.1 Å². The van der Waals surface area contributed by atoms with Crippen molar-refractivity contribution in [2.75, 3.05) is 0 Å². The number of aryl methyl sites for hydroxylation is 1. The maximum atomic E-state index is 6.59. The van der Waals surface area contributed by atoms with Crippen LogP contribution in [0.1, 0.15) is 57.1 Å². The molecule has 0 unspecified atom stereocenters. The summed E-state index contributed by atoms with van der Waals surface area (Å²) in [7, 11) is 0. The van der Waals surface area contributed by atoms with E-state index in [2.05, 4.69) is 138 Å². The fraction of sp³-hybridized carbons (Fsp3) is 0.256. The fourth-order valence-electron chi connectivity index (χ4n) is 6.99. The van der Waals surface area contributed by atoms with Gasteiger partial charge in [-0.05, 0) is 103 Å². The van der Waals surface area contributed by atoms with Crippen LogP contribution in [-0.2, 0) is 12.8 Å². The Morgan fingerprint density at radius 1 is 0.729 bits per heavy atom. The summed E-state index contributed by atoms with van der Waals surface area (Å²) >= 11 is 0. The first kappa shape index (κ1) is 31.4. The number of rotatable bonds is 8. The minimum Gasteiger partial charge on any atom is -0.457 e. The van der Waals surface area contributed by atoms with E-state index in [1.165, 1.54) is 27.5 Å². The summed E-state index contributed by atoms with van der Waals surface area (Å²) in [5.74, 6) is 3.02. The van der Waals surface area contributed by atoms with Crippen LogP contribution in [0.3, 0.4) is 0 Å². The summed E-state index contributed by atoms with van der Waals surface area (Å²) in [5.41, 5.74) is 10.4. The van der Waals surface area contributed by atoms with Gasteiger partial charge in [0.05, 0.1) is 22.4 Å². The third-order valence-electron chi connectivity index (χ3n) is 8.87. The fourth-order valence-corrected chi connectivity index (χ4v) is 6.99. The van der Waals surface area contributed by atoms with Gasteiger partial charge < -0.3 is 4.74 Å². The number of nitrogens with zero attached hydrogens (tertiary/aromatic N) is 4. The van der Waals surface area contributed by atoms with Crippen molar-refractivity contribution in [1.82, 2.24) is 19.3 Å². The normalized spacial score (nSPS) is 12.0. The number of fused-ring (bicyclic) bond motifs is 3. The minimum atomic E-state index is 0.199. The van der Waals surface area contributed by atoms with E-state index in [1.807, 2.05) is 29.1 Å². The molecule has 0 N–H and O–H groups in total. The third kappa shape index (κ3) is 6.25. The molecular weight excluding hydrogens is 589 g/mol. The van der Waals surface area contributed by atoms with Crippen molar-refractivity contribution in [3.8, 4) is 34.1 Å². The third-order valence-corrected chi connectivity index (χ3v) is 8.87. The maximum absolute atomic E-state index is 6.59. The average molecular weight is 633 g/mol. The van der Waals surface area contributed by atoms with E-state index >= 15 is 0 Å². The maximum Gasteiger partial charge on any atom is 0.137 e. The topological polar surface area (TPSA) is 44.9 Å². The zero-order valence-electron chi connectivity index (χ0n) is 29.1. The predicted octanol–water partition coefficient (Wildman–Crippen LogP) is 11.2. The van der Waals surface area contributed by atoms with E-state index < -0.39 is 0 Å². The van der Waals surface area contributed by atoms with Crippen LogP contribution < -0.4 is 4.74 Å². The van der Waals surface area contributed by atoms with Crippen molar-refractivity contribution in [2.24, 2.45) is 11.3 Å². The smallest absolute Gasteiger partial charge is 0.137 e. The summed E-state index contributed by atoms with van der Waals surface area (Å²) in [4.78, 5) is 4.88. The van der Waals surface area contributed by atoms with Crippen molar-refractivity contribution in [3.63, 3.8) is 0 Å². The van der Waals surface area contributed by atoms with Gasteiger partial charge in [0.15, 0.2) is 0 Å². The molecule has 0 radical (unpaired) electrons. The second-order valence-electron chi connectivity index (χ2n) is 14.6. The van der Waals surface area contributed by atoms with Crippen LogP contribution in [0.25, 0.3) is 44.4 Å². The highest BCUT2D eigenvalue weighted by atomic mass is 16.5. The van der Waals surface area contributed by atoms with Gasteiger partial charge in [-0.25, -0.2) is 9.67 Å². The molecule has 3 heterocycles. The predicted molar refractivity (Wildman–Crippen MR) is 199 cm³/mol. The molecule has 0 saturated carbocycles. The molecule has 0 spiro atoms. The lowest BCUT2D eigenvalue weighted by molar-refractivity contribution is 0.411. The highest BCUT2D eigenvalue weighted by molar-refractivity contribution is 6.09. The van der Waals surface area contributed by atoms with Gasteiger partial charge in [-0.3, -0.25) is 4.57 Å². The van der Waals surface area contributed by atoms with Crippen molar-refractivity contribution < 1.29 is 4.74 Å². The van der Waals surface area contributed by atoms with Crippen LogP contribution in [0.5, 0.6) is 11.5 Å². The van der Waals surface area contributed by atoms with Crippen LogP contribution >= 0.6 is 0 Å². The van der Waals surface area contributed by atoms with Crippen molar-refractivity contribution in [1.29, 1.82) is 0 Å². The molecule has 0 amide bonds. The highest BCUT2D eigenvalue weighted by Crippen LogP contribution is 2.37. The van der Waals surface area contributed by atoms with Crippen LogP contribution in [0, 0.1) is 25.2 Å². The monoisotopic (exact) mass is 632 g/mol. The summed E-state index contributed by atoms with van der Waals surface area (Å²) in [6.07, 6.45) is 3.96. The van der Waals surface area contributed by atoms with Gasteiger partial charge in [0.2, 0.25) is 0 Å². The Hall–Kier alpha value is -5.16. The van der Waals surface area contributed by atoms with E-state index in [4.69, 9.17) is 14.8 Å². The standard InChI is InChI=1S/C43H44N4O/c1-28(2)22-31-20-21-44-41(24-31)46-39-19-16-32(27-43(5,6)7)23-38(39)37-18-17-36(26-40(37)46)48-35-15-11-14-34(25-35)47-30(4)42(29(3)45-47)33-12-9-8-10-13-33/h8-21,23-26,28H,22,27H2,1-7H3. The molecule has 5 heteroatoms. The van der Waals surface area contributed by atoms with Crippen molar-refractivity contribution in [2.45, 2.75) is 61.3 Å². The quantitative estimate of drug-likeness (QED) is 0.167. The molecule has 0 aliphatic heterocycles. The van der Waals surface area contributed by atoms with E-state index in [-0.39, 0.29) is 5.41 Å². The van der Waals surface area contributed by atoms with Crippen LogP contribution in [0.2, 0.25) is 0 Å². The highest BCUT2D eigenvalue weighted by Gasteiger charge is 2.19. The first-order valence-electron chi connectivity index (χ1n) is 17.0. The van der Waals surface area contributed by atoms with Gasteiger partial charge in [-0.15, -0.1) is 0 Å². The molecule has 7 rings (SSSR count). The van der Waals surface area contributed by atoms with Crippen LogP contribution in [0.15, 0.2) is 109 Å². The summed E-state index contributed by atoms with van der Waals surface area (Å²) in [6.45, 7) is 15.6. The lowest BCUT2D eigenvalue weighted by atomic mass is 9.88. The van der Waals surface area contributed by atoms with Gasteiger partial charge in [0.25, 0.3) is 0 Å². The van der Waals surface area contributed by atoms with E-state index in [9.17, 15) is 0 Å². The second-order valence-corrected chi connectivity index (χ2v) is 14.6. The molecular formula is C43H44N4O. The Balaban J connectivity index is 1.30. The summed E-state index contributed by atoms with van der Waals surface area (Å²) in [6, 6.07) is 36.3. The molecule has 5 nitrogen and oxygen atoms in total. The number of pyridine rings is 1. The van der Waals surface area contributed by atoms with Crippen molar-refractivity contribution in [3.05, 3.63) is 132 Å². The first-order chi connectivity index (χ1) is 23.0. The lowest BCUT2D eigenvalue weighted by Crippen LogP contribution is -2.08. The minimum absolute atomic E-state index is 0.199. The molecule has 0 aliphatic rings. The van der Waals surface area contributed by atoms with E-state index in [0.717, 1.165) is 63.8 Å². The number of hydrogen-bond donors (Lipinski definition) is 0. The van der Waals surface area contributed by atoms with Crippen molar-refractivity contribution >= 4 is 21.8 Å². The molecule has 3 aromatic heterocycles. The zero-order valence-corrected chi connectivity index (χ0v) is 29.1. The summed E-state index contributed by atoms with van der Waals surface area (Å²) < 4.78 is 10.9. The Morgan fingerprint density at radius 3 is 2.29 bits per heavy atom. The van der Waals surface area contributed by atoms with Crippen LogP contribution in [0.4, 0.5) is 0 Å². The largest absolute Gasteiger partial charge is 0.457 e. The SMILES string of the molecule is Cc1nn(-c2cccc(Oc3ccc4c5cc(CC(C)(C)C)ccc5n(-c5cc(CC(C)C)ccn5)c4c3)c2)c(C)c1-c1ccccc1. The number of aromatic nitrogens is 4. The molecule has 242 valence electrons. The van der Waals surface area contributed by atoms with E-state index in [1.54, 1.807) is 0 Å². The number of hydrogen-bond acceptors (Lipinski definition) is 3. The molecule has 4 aromatic carbocycles. The number of ether oxygens (including phenoxy) is 1. The molecule has 0 bridgehead atoms. The Kier molecular flexibility index (Phi) is 8.16. The molecule has 7 aromatic rings. The molecule has 0 saturated heterocycles. The average Bonchev–Trinajstić information content (AvgIpc) is 3.52. The molecule has 0 aliphatic carbocycles. The molecule has 48 heavy (non-hydrogen) atoms. The van der Waals surface area contributed by atoms with Gasteiger partial charge in [0.1, 0.15) is 17.3 Å².